The fourth-order valence-electron chi connectivity index (χ4n) is 2.59. The zero-order valence-electron chi connectivity index (χ0n) is 12.6. The number of fused-ring (bicyclic) bond motifs is 1. The Hall–Kier alpha value is -1.57. The number of rotatable bonds is 7. The zero-order valence-corrected chi connectivity index (χ0v) is 12.6. The molecule has 0 saturated heterocycles. The van der Waals surface area contributed by atoms with Crippen molar-refractivity contribution in [3.8, 4) is 0 Å². The third-order valence-corrected chi connectivity index (χ3v) is 3.88. The number of para-hydroxylation sites is 1. The van der Waals surface area contributed by atoms with E-state index in [4.69, 9.17) is 4.42 Å². The van der Waals surface area contributed by atoms with Gasteiger partial charge in [0.05, 0.1) is 5.39 Å². The first-order valence-electron chi connectivity index (χ1n) is 7.75. The Morgan fingerprint density at radius 3 is 2.50 bits per heavy atom. The van der Waals surface area contributed by atoms with Gasteiger partial charge in [-0.25, -0.2) is 0 Å². The quantitative estimate of drug-likeness (QED) is 0.664. The van der Waals surface area contributed by atoms with Gasteiger partial charge in [-0.05, 0) is 25.5 Å². The molecule has 2 rings (SSSR count). The lowest BCUT2D eigenvalue weighted by Crippen LogP contribution is -2.09. The van der Waals surface area contributed by atoms with Crippen molar-refractivity contribution >= 4 is 11.0 Å². The van der Waals surface area contributed by atoms with Crippen LogP contribution in [0, 0.1) is 6.92 Å². The summed E-state index contributed by atoms with van der Waals surface area (Å²) >= 11 is 0. The Labute approximate surface area is 120 Å². The summed E-state index contributed by atoms with van der Waals surface area (Å²) in [5.74, 6) is 0.865. The summed E-state index contributed by atoms with van der Waals surface area (Å²) in [4.78, 5) is 12.3. The minimum atomic E-state index is 0.118. The van der Waals surface area contributed by atoms with Crippen molar-refractivity contribution in [1.29, 1.82) is 0 Å². The smallest absolute Gasteiger partial charge is 0.195 e. The van der Waals surface area contributed by atoms with Crippen LogP contribution < -0.4 is 5.43 Å². The standard InChI is InChI=1S/C18H24O2/c1-3-4-5-6-7-8-12-16-14(2)18(19)15-11-9-10-13-17(15)20-16/h9-11,13H,3-8,12H2,1-2H3. The average Bonchev–Trinajstić information content (AvgIpc) is 2.47. The van der Waals surface area contributed by atoms with E-state index < -0.39 is 0 Å². The molecular weight excluding hydrogens is 248 g/mol. The van der Waals surface area contributed by atoms with Crippen LogP contribution in [0.3, 0.4) is 0 Å². The lowest BCUT2D eigenvalue weighted by Gasteiger charge is -2.06. The SMILES string of the molecule is CCCCCCCCc1oc2ccccc2c(=O)c1C. The van der Waals surface area contributed by atoms with Crippen molar-refractivity contribution < 1.29 is 4.42 Å². The van der Waals surface area contributed by atoms with Crippen molar-refractivity contribution in [2.75, 3.05) is 0 Å². The Bertz CT molecular complexity index is 610. The molecule has 1 aromatic heterocycles. The van der Waals surface area contributed by atoms with E-state index in [1.807, 2.05) is 31.2 Å². The second-order valence-corrected chi connectivity index (χ2v) is 5.49. The van der Waals surface area contributed by atoms with E-state index >= 15 is 0 Å². The van der Waals surface area contributed by atoms with E-state index in [1.54, 1.807) is 0 Å². The van der Waals surface area contributed by atoms with Crippen LogP contribution in [0.2, 0.25) is 0 Å². The molecule has 108 valence electrons. The lowest BCUT2D eigenvalue weighted by atomic mass is 10.1. The minimum absolute atomic E-state index is 0.118. The second kappa shape index (κ2) is 7.28. The number of benzene rings is 1. The molecule has 0 aliphatic carbocycles. The number of unbranched alkanes of at least 4 members (excludes halogenated alkanes) is 5. The average molecular weight is 272 g/mol. The van der Waals surface area contributed by atoms with Crippen molar-refractivity contribution in [1.82, 2.24) is 0 Å². The molecule has 2 heteroatoms. The van der Waals surface area contributed by atoms with Gasteiger partial charge in [0.2, 0.25) is 0 Å². The molecule has 2 aromatic rings. The van der Waals surface area contributed by atoms with Crippen molar-refractivity contribution in [3.63, 3.8) is 0 Å². The number of hydrogen-bond donors (Lipinski definition) is 0. The molecule has 0 spiro atoms. The fraction of sp³-hybridized carbons (Fsp3) is 0.500. The zero-order chi connectivity index (χ0) is 14.4. The maximum Gasteiger partial charge on any atom is 0.195 e. The summed E-state index contributed by atoms with van der Waals surface area (Å²) in [5, 5.41) is 0.691. The van der Waals surface area contributed by atoms with Crippen LogP contribution >= 0.6 is 0 Å². The maximum absolute atomic E-state index is 12.3. The molecule has 2 nitrogen and oxygen atoms in total. The first-order chi connectivity index (χ1) is 9.74. The van der Waals surface area contributed by atoms with Crippen molar-refractivity contribution in [3.05, 3.63) is 45.8 Å². The topological polar surface area (TPSA) is 30.2 Å². The molecule has 0 N–H and O–H groups in total. The number of hydrogen-bond acceptors (Lipinski definition) is 2. The molecule has 1 aromatic carbocycles. The Morgan fingerprint density at radius 2 is 1.70 bits per heavy atom. The van der Waals surface area contributed by atoms with Crippen LogP contribution in [0.5, 0.6) is 0 Å². The van der Waals surface area contributed by atoms with Gasteiger partial charge in [0.25, 0.3) is 0 Å². The van der Waals surface area contributed by atoms with Gasteiger partial charge in [0, 0.05) is 12.0 Å². The van der Waals surface area contributed by atoms with Gasteiger partial charge >= 0.3 is 0 Å². The van der Waals surface area contributed by atoms with E-state index in [0.29, 0.717) is 11.0 Å². The third kappa shape index (κ3) is 3.50. The highest BCUT2D eigenvalue weighted by Gasteiger charge is 2.09. The van der Waals surface area contributed by atoms with Gasteiger partial charge in [0.1, 0.15) is 11.3 Å². The van der Waals surface area contributed by atoms with Crippen LogP contribution in [0.25, 0.3) is 11.0 Å². The summed E-state index contributed by atoms with van der Waals surface area (Å²) in [7, 11) is 0. The number of aryl methyl sites for hydroxylation is 1. The van der Waals surface area contributed by atoms with Crippen LogP contribution in [-0.2, 0) is 6.42 Å². The molecule has 0 bridgehead atoms. The molecule has 1 heterocycles. The van der Waals surface area contributed by atoms with E-state index in [9.17, 15) is 4.79 Å². The molecule has 20 heavy (non-hydrogen) atoms. The Morgan fingerprint density at radius 1 is 1.00 bits per heavy atom. The second-order valence-electron chi connectivity index (χ2n) is 5.49. The third-order valence-electron chi connectivity index (χ3n) is 3.88. The normalized spacial score (nSPS) is 11.1. The lowest BCUT2D eigenvalue weighted by molar-refractivity contribution is 0.506. The molecule has 0 amide bonds. The molecule has 0 radical (unpaired) electrons. The minimum Gasteiger partial charge on any atom is -0.461 e. The summed E-state index contributed by atoms with van der Waals surface area (Å²) in [5.41, 5.74) is 1.61. The Kier molecular flexibility index (Phi) is 5.40. The van der Waals surface area contributed by atoms with Crippen molar-refractivity contribution in [2.45, 2.75) is 58.8 Å². The van der Waals surface area contributed by atoms with E-state index in [1.165, 1.54) is 32.1 Å². The molecule has 0 aliphatic rings. The molecule has 0 saturated carbocycles. The van der Waals surface area contributed by atoms with Gasteiger partial charge < -0.3 is 4.42 Å². The molecule has 0 aliphatic heterocycles. The molecule has 0 atom stereocenters. The largest absolute Gasteiger partial charge is 0.461 e. The predicted octanol–water partition coefficient (Wildman–Crippen LogP) is 5.00. The van der Waals surface area contributed by atoms with Crippen LogP contribution in [-0.4, -0.2) is 0 Å². The fourth-order valence-corrected chi connectivity index (χ4v) is 2.59. The van der Waals surface area contributed by atoms with E-state index in [2.05, 4.69) is 6.92 Å². The van der Waals surface area contributed by atoms with Crippen LogP contribution in [0.4, 0.5) is 0 Å². The van der Waals surface area contributed by atoms with Gasteiger partial charge in [-0.3, -0.25) is 4.79 Å². The maximum atomic E-state index is 12.3. The predicted molar refractivity (Wildman–Crippen MR) is 84.3 cm³/mol. The van der Waals surface area contributed by atoms with Gasteiger partial charge in [-0.1, -0.05) is 51.2 Å². The summed E-state index contributed by atoms with van der Waals surface area (Å²) in [6.45, 7) is 4.11. The monoisotopic (exact) mass is 272 g/mol. The van der Waals surface area contributed by atoms with Crippen LogP contribution in [0.1, 0.15) is 56.8 Å². The van der Waals surface area contributed by atoms with Crippen molar-refractivity contribution in [2.24, 2.45) is 0 Å². The van der Waals surface area contributed by atoms with Gasteiger partial charge in [0.15, 0.2) is 5.43 Å². The van der Waals surface area contributed by atoms with E-state index in [0.717, 1.165) is 24.2 Å². The summed E-state index contributed by atoms with van der Waals surface area (Å²) < 4.78 is 5.90. The van der Waals surface area contributed by atoms with Gasteiger partial charge in [-0.15, -0.1) is 0 Å². The first-order valence-corrected chi connectivity index (χ1v) is 7.75. The summed E-state index contributed by atoms with van der Waals surface area (Å²) in [6.07, 6.45) is 8.39. The highest BCUT2D eigenvalue weighted by Crippen LogP contribution is 2.17. The highest BCUT2D eigenvalue weighted by molar-refractivity contribution is 5.76. The first kappa shape index (κ1) is 14.8. The Balaban J connectivity index is 2.03. The molecule has 0 unspecified atom stereocenters. The van der Waals surface area contributed by atoms with Crippen LogP contribution in [0.15, 0.2) is 33.5 Å². The molecular formula is C18H24O2. The molecule has 0 fully saturated rings. The summed E-state index contributed by atoms with van der Waals surface area (Å²) in [6, 6.07) is 7.50. The highest BCUT2D eigenvalue weighted by atomic mass is 16.3. The van der Waals surface area contributed by atoms with Gasteiger partial charge in [-0.2, -0.15) is 0 Å². The van der Waals surface area contributed by atoms with E-state index in [-0.39, 0.29) is 5.43 Å².